The molecular weight excluding hydrogens is 377 g/mol. The van der Waals surface area contributed by atoms with Crippen LogP contribution >= 0.6 is 0 Å². The normalized spacial score (nSPS) is 16.8. The molecule has 0 aliphatic heterocycles. The first-order valence-corrected chi connectivity index (χ1v) is 6.17. The molecule has 0 aromatic carbocycles. The summed E-state index contributed by atoms with van der Waals surface area (Å²) in [5, 5.41) is 0. The zero-order valence-corrected chi connectivity index (χ0v) is 12.2. The summed E-state index contributed by atoms with van der Waals surface area (Å²) < 4.78 is 143. The summed E-state index contributed by atoms with van der Waals surface area (Å²) in [4.78, 5) is 0. The Morgan fingerprint density at radius 1 is 0.870 bits per heavy atom. The average Bonchev–Trinajstić information content (AvgIpc) is 2.35. The molecule has 15 heteroatoms. The van der Waals surface area contributed by atoms with Crippen LogP contribution in [0.1, 0.15) is 6.92 Å². The van der Waals surface area contributed by atoms with Crippen LogP contribution in [0.5, 0.6) is 0 Å². The van der Waals surface area contributed by atoms with Crippen LogP contribution in [0.3, 0.4) is 0 Å². The summed E-state index contributed by atoms with van der Waals surface area (Å²) in [6.45, 7) is 0.276. The number of methoxy groups -OCH3 is 2. The van der Waals surface area contributed by atoms with Crippen molar-refractivity contribution in [3.8, 4) is 0 Å². The van der Waals surface area contributed by atoms with Crippen molar-refractivity contribution < 1.29 is 57.7 Å². The van der Waals surface area contributed by atoms with Gasteiger partial charge in [0.05, 0.1) is 0 Å². The summed E-state index contributed by atoms with van der Waals surface area (Å²) in [7, 11) is 0.916. The minimum atomic E-state index is -7.26. The van der Waals surface area contributed by atoms with Gasteiger partial charge in [-0.25, -0.2) is 0 Å². The van der Waals surface area contributed by atoms with Crippen molar-refractivity contribution >= 4 is 11.3 Å². The lowest BCUT2D eigenvalue weighted by atomic mass is 10.1. The lowest BCUT2D eigenvalue weighted by Crippen LogP contribution is -2.71. The summed E-state index contributed by atoms with van der Waals surface area (Å²) in [5.74, 6) is -17.7. The smallest absolute Gasteiger partial charge is 0.460 e. The maximum absolute atomic E-state index is 13.7. The van der Waals surface area contributed by atoms with Crippen LogP contribution in [-0.2, 0) is 20.7 Å². The molecule has 0 aromatic heterocycles. The Bertz CT molecular complexity index is 451. The molecule has 23 heavy (non-hydrogen) atoms. The highest BCUT2D eigenvalue weighted by molar-refractivity contribution is 7.76. The molecule has 0 radical (unpaired) electrons. The monoisotopic (exact) mass is 386 g/mol. The molecular formula is C8H9F9NO4S-. The number of alkyl halides is 9. The van der Waals surface area contributed by atoms with Gasteiger partial charge in [0.2, 0.25) is 5.91 Å². The van der Waals surface area contributed by atoms with Gasteiger partial charge in [-0.15, -0.1) is 4.31 Å². The quantitative estimate of drug-likeness (QED) is 0.292. The third kappa shape index (κ3) is 3.42. The number of hydrogen-bond donors (Lipinski definition) is 0. The van der Waals surface area contributed by atoms with E-state index in [1.165, 1.54) is 0 Å². The van der Waals surface area contributed by atoms with E-state index in [-0.39, 0.29) is 6.92 Å². The van der Waals surface area contributed by atoms with Gasteiger partial charge in [-0.1, -0.05) is 0 Å². The highest BCUT2D eigenvalue weighted by atomic mass is 32.2. The van der Waals surface area contributed by atoms with E-state index >= 15 is 0 Å². The molecule has 0 fully saturated rings. The molecule has 140 valence electrons. The first kappa shape index (κ1) is 22.4. The van der Waals surface area contributed by atoms with Gasteiger partial charge in [0.25, 0.3) is 0 Å². The minimum Gasteiger partial charge on any atom is -0.759 e. The second-order valence-electron chi connectivity index (χ2n) is 4.01. The van der Waals surface area contributed by atoms with E-state index in [2.05, 4.69) is 9.47 Å². The molecule has 1 atom stereocenters. The van der Waals surface area contributed by atoms with Gasteiger partial charge in [-0.2, -0.15) is 39.5 Å². The van der Waals surface area contributed by atoms with Crippen molar-refractivity contribution in [1.29, 1.82) is 0 Å². The fraction of sp³-hybridized carbons (Fsp3) is 1.00. The molecule has 0 bridgehead atoms. The second kappa shape index (κ2) is 6.34. The van der Waals surface area contributed by atoms with Crippen molar-refractivity contribution in [2.24, 2.45) is 0 Å². The SMILES string of the molecule is COC(C)(OC)N(S(=O)[O-])C(F)(F)C(F)(F)C(F)(F)C(F)(F)F. The molecule has 0 aromatic rings. The number of rotatable bonds is 7. The fourth-order valence-electron chi connectivity index (χ4n) is 1.23. The third-order valence-electron chi connectivity index (χ3n) is 2.66. The number of nitrogens with zero attached hydrogens (tertiary/aromatic N) is 1. The zero-order valence-electron chi connectivity index (χ0n) is 11.4. The van der Waals surface area contributed by atoms with Gasteiger partial charge in [-0.05, 0) is 0 Å². The Hall–Kier alpha value is -0.640. The van der Waals surface area contributed by atoms with Crippen molar-refractivity contribution in [2.75, 3.05) is 14.2 Å². The van der Waals surface area contributed by atoms with E-state index in [1.807, 2.05) is 0 Å². The molecule has 0 rings (SSSR count). The molecule has 0 aliphatic carbocycles. The van der Waals surface area contributed by atoms with Gasteiger partial charge in [0, 0.05) is 32.4 Å². The Morgan fingerprint density at radius 3 is 1.43 bits per heavy atom. The molecule has 0 spiro atoms. The maximum atomic E-state index is 13.7. The number of halogens is 9. The summed E-state index contributed by atoms with van der Waals surface area (Å²) in [6.07, 6.45) is -7.09. The van der Waals surface area contributed by atoms with Crippen LogP contribution in [0.15, 0.2) is 0 Å². The minimum absolute atomic E-state index is 0.276. The van der Waals surface area contributed by atoms with E-state index < -0.39 is 45.6 Å². The van der Waals surface area contributed by atoms with E-state index in [0.717, 1.165) is 0 Å². The Balaban J connectivity index is 6.34. The highest BCUT2D eigenvalue weighted by Gasteiger charge is 2.84. The van der Waals surface area contributed by atoms with E-state index in [4.69, 9.17) is 0 Å². The van der Waals surface area contributed by atoms with Crippen LogP contribution in [0.2, 0.25) is 0 Å². The summed E-state index contributed by atoms with van der Waals surface area (Å²) >= 11 is -4.45. The van der Waals surface area contributed by atoms with E-state index in [9.17, 15) is 48.3 Å². The summed E-state index contributed by atoms with van der Waals surface area (Å²) in [6, 6.07) is -6.57. The lowest BCUT2D eigenvalue weighted by molar-refractivity contribution is -0.435. The second-order valence-corrected chi connectivity index (χ2v) is 4.80. The van der Waals surface area contributed by atoms with E-state index in [1.54, 1.807) is 0 Å². The molecule has 5 nitrogen and oxygen atoms in total. The molecule has 0 heterocycles. The maximum Gasteiger partial charge on any atom is 0.460 e. The van der Waals surface area contributed by atoms with Gasteiger partial charge >= 0.3 is 24.1 Å². The molecule has 0 saturated carbocycles. The first-order chi connectivity index (χ1) is 9.94. The Morgan fingerprint density at radius 2 is 1.22 bits per heavy atom. The molecule has 1 unspecified atom stereocenters. The predicted molar refractivity (Wildman–Crippen MR) is 54.1 cm³/mol. The van der Waals surface area contributed by atoms with Crippen LogP contribution in [0.4, 0.5) is 39.5 Å². The highest BCUT2D eigenvalue weighted by Crippen LogP contribution is 2.55. The lowest BCUT2D eigenvalue weighted by Gasteiger charge is -2.46. The van der Waals surface area contributed by atoms with Crippen LogP contribution < -0.4 is 0 Å². The van der Waals surface area contributed by atoms with Crippen molar-refractivity contribution in [2.45, 2.75) is 36.9 Å². The average molecular weight is 386 g/mol. The third-order valence-corrected chi connectivity index (χ3v) is 3.52. The molecule has 0 saturated heterocycles. The standard InChI is InChI=1S/C8H10F9NO4S/c1-4(21-2,22-3)18(23(19)20)8(16,17)6(11,12)5(9,10)7(13,14)15/h1-3H3,(H,19,20)/p-1. The van der Waals surface area contributed by atoms with Gasteiger partial charge in [-0.3, -0.25) is 4.21 Å². The van der Waals surface area contributed by atoms with Crippen LogP contribution in [0.25, 0.3) is 0 Å². The topological polar surface area (TPSA) is 61.8 Å². The van der Waals surface area contributed by atoms with Gasteiger partial charge in [0.1, 0.15) is 0 Å². The largest absolute Gasteiger partial charge is 0.759 e. The van der Waals surface area contributed by atoms with Crippen LogP contribution in [-0.4, -0.2) is 57.3 Å². The van der Waals surface area contributed by atoms with Crippen molar-refractivity contribution in [3.63, 3.8) is 0 Å². The van der Waals surface area contributed by atoms with Crippen molar-refractivity contribution in [1.82, 2.24) is 4.31 Å². The first-order valence-electron chi connectivity index (χ1n) is 5.14. The Kier molecular flexibility index (Phi) is 6.17. The number of hydrogen-bond acceptors (Lipinski definition) is 4. The van der Waals surface area contributed by atoms with Gasteiger partial charge < -0.3 is 14.0 Å². The van der Waals surface area contributed by atoms with Gasteiger partial charge in [0.15, 0.2) is 0 Å². The van der Waals surface area contributed by atoms with Crippen molar-refractivity contribution in [3.05, 3.63) is 0 Å². The zero-order chi connectivity index (χ0) is 19.1. The molecule has 0 amide bonds. The molecule has 0 aliphatic rings. The van der Waals surface area contributed by atoms with Crippen LogP contribution in [0, 0.1) is 0 Å². The number of ether oxygens (including phenoxy) is 2. The Labute approximate surface area is 125 Å². The van der Waals surface area contributed by atoms with E-state index in [0.29, 0.717) is 14.2 Å². The summed E-state index contributed by atoms with van der Waals surface area (Å²) in [5.41, 5.74) is 0. The fourth-order valence-corrected chi connectivity index (χ4v) is 1.95. The molecule has 0 N–H and O–H groups in total. The predicted octanol–water partition coefficient (Wildman–Crippen LogP) is 2.47.